The third kappa shape index (κ3) is 2.49. The zero-order valence-electron chi connectivity index (χ0n) is 15.1. The summed E-state index contributed by atoms with van der Waals surface area (Å²) in [5.74, 6) is 0. The first-order valence-corrected chi connectivity index (χ1v) is 8.82. The summed E-state index contributed by atoms with van der Waals surface area (Å²) in [6.07, 6.45) is 9.95. The molecule has 0 fully saturated rings. The van der Waals surface area contributed by atoms with E-state index in [2.05, 4.69) is 104 Å². The Balaban J connectivity index is 1.95. The molecule has 0 bridgehead atoms. The van der Waals surface area contributed by atoms with Crippen LogP contribution in [0.4, 0.5) is 5.69 Å². The first kappa shape index (κ1) is 15.8. The number of aryl methyl sites for hydroxylation is 1. The zero-order valence-corrected chi connectivity index (χ0v) is 15.1. The van der Waals surface area contributed by atoms with Gasteiger partial charge in [0.05, 0.1) is 0 Å². The van der Waals surface area contributed by atoms with Gasteiger partial charge < -0.3 is 9.88 Å². The van der Waals surface area contributed by atoms with Gasteiger partial charge in [0.15, 0.2) is 0 Å². The van der Waals surface area contributed by atoms with E-state index in [1.807, 2.05) is 0 Å². The number of fused-ring (bicyclic) bond motifs is 1. The van der Waals surface area contributed by atoms with Crippen LogP contribution < -0.4 is 4.90 Å². The highest BCUT2D eigenvalue weighted by molar-refractivity contribution is 5.87. The third-order valence-electron chi connectivity index (χ3n) is 5.31. The highest BCUT2D eigenvalue weighted by Gasteiger charge is 2.35. The van der Waals surface area contributed by atoms with E-state index in [9.17, 15) is 0 Å². The summed E-state index contributed by atoms with van der Waals surface area (Å²) >= 11 is 0. The fourth-order valence-electron chi connectivity index (χ4n) is 4.07. The summed E-state index contributed by atoms with van der Waals surface area (Å²) < 4.78 is 0. The minimum atomic E-state index is -0.122. The fraction of sp³-hybridized carbons (Fsp3) is 0.217. The third-order valence-corrected chi connectivity index (χ3v) is 5.31. The molecular formula is C23H24N2. The molecule has 0 amide bonds. The summed E-state index contributed by atoms with van der Waals surface area (Å²) in [6.45, 7) is 2.19. The number of H-pyrrole nitrogens is 1. The van der Waals surface area contributed by atoms with Crippen LogP contribution in [-0.2, 0) is 5.41 Å². The van der Waals surface area contributed by atoms with Crippen LogP contribution in [0.5, 0.6) is 0 Å². The van der Waals surface area contributed by atoms with Crippen LogP contribution in [-0.4, -0.2) is 19.1 Å². The van der Waals surface area contributed by atoms with Crippen LogP contribution in [0.25, 0.3) is 10.9 Å². The predicted molar refractivity (Wildman–Crippen MR) is 107 cm³/mol. The number of anilines is 1. The smallest absolute Gasteiger partial charge is 0.0459 e. The van der Waals surface area contributed by atoms with Gasteiger partial charge in [-0.05, 0) is 42.7 Å². The summed E-state index contributed by atoms with van der Waals surface area (Å²) in [5, 5.41) is 1.32. The number of allylic oxidation sites excluding steroid dienone is 4. The molecule has 2 heteroatoms. The summed E-state index contributed by atoms with van der Waals surface area (Å²) in [5.41, 5.74) is 6.29. The molecular weight excluding hydrogens is 304 g/mol. The molecule has 1 unspecified atom stereocenters. The number of benzene rings is 2. The van der Waals surface area contributed by atoms with Gasteiger partial charge in [0.2, 0.25) is 0 Å². The van der Waals surface area contributed by atoms with Gasteiger partial charge >= 0.3 is 0 Å². The molecule has 126 valence electrons. The van der Waals surface area contributed by atoms with Crippen LogP contribution in [0.3, 0.4) is 0 Å². The molecule has 1 aliphatic carbocycles. The lowest BCUT2D eigenvalue weighted by Crippen LogP contribution is -2.26. The Morgan fingerprint density at radius 1 is 0.960 bits per heavy atom. The van der Waals surface area contributed by atoms with Crippen molar-refractivity contribution in [2.75, 3.05) is 19.0 Å². The van der Waals surface area contributed by atoms with Crippen LogP contribution >= 0.6 is 0 Å². The molecule has 4 rings (SSSR count). The first-order chi connectivity index (χ1) is 12.1. The SMILES string of the molecule is Cc1[nH]c2ccccc2c1C1(c2ccc(N(C)C)cc2)C=CC=CC1. The van der Waals surface area contributed by atoms with Crippen LogP contribution in [0.15, 0.2) is 72.8 Å². The standard InChI is InChI=1S/C23H24N2/c1-17-22(20-9-5-6-10-21(20)24-17)23(15-7-4-8-16-23)18-11-13-19(14-12-18)25(2)3/h4-15,24H,16H2,1-3H3. The Hall–Kier alpha value is -2.74. The van der Waals surface area contributed by atoms with E-state index in [1.165, 1.54) is 33.4 Å². The molecule has 1 atom stereocenters. The zero-order chi connectivity index (χ0) is 17.4. The second-order valence-electron chi connectivity index (χ2n) is 7.07. The van der Waals surface area contributed by atoms with Crippen molar-refractivity contribution in [3.8, 4) is 0 Å². The molecule has 0 radical (unpaired) electrons. The molecule has 0 aliphatic heterocycles. The maximum absolute atomic E-state index is 3.58. The average molecular weight is 328 g/mol. The highest BCUT2D eigenvalue weighted by atomic mass is 15.1. The Kier molecular flexibility index (Phi) is 3.76. The van der Waals surface area contributed by atoms with Gasteiger partial charge in [-0.2, -0.15) is 0 Å². The van der Waals surface area contributed by atoms with Gasteiger partial charge in [0.1, 0.15) is 0 Å². The lowest BCUT2D eigenvalue weighted by Gasteiger charge is -2.33. The number of para-hydroxylation sites is 1. The molecule has 3 aromatic rings. The molecule has 1 N–H and O–H groups in total. The van der Waals surface area contributed by atoms with E-state index in [0.29, 0.717) is 0 Å². The van der Waals surface area contributed by atoms with Crippen molar-refractivity contribution in [2.24, 2.45) is 0 Å². The molecule has 0 saturated carbocycles. The minimum Gasteiger partial charge on any atom is -0.378 e. The number of rotatable bonds is 3. The number of hydrogen-bond acceptors (Lipinski definition) is 1. The van der Waals surface area contributed by atoms with Crippen LogP contribution in [0, 0.1) is 6.92 Å². The number of nitrogens with one attached hydrogen (secondary N) is 1. The van der Waals surface area contributed by atoms with Gasteiger partial charge in [0, 0.05) is 41.8 Å². The summed E-state index contributed by atoms with van der Waals surface area (Å²) in [7, 11) is 4.16. The molecule has 2 nitrogen and oxygen atoms in total. The van der Waals surface area contributed by atoms with Crippen LogP contribution in [0.1, 0.15) is 23.2 Å². The van der Waals surface area contributed by atoms with Gasteiger partial charge in [-0.1, -0.05) is 54.6 Å². The average Bonchev–Trinajstić information content (AvgIpc) is 2.98. The molecule has 1 aromatic heterocycles. The highest BCUT2D eigenvalue weighted by Crippen LogP contribution is 2.44. The summed E-state index contributed by atoms with van der Waals surface area (Å²) in [4.78, 5) is 5.73. The van der Waals surface area contributed by atoms with Crippen LogP contribution in [0.2, 0.25) is 0 Å². The van der Waals surface area contributed by atoms with Gasteiger partial charge in [0.25, 0.3) is 0 Å². The van der Waals surface area contributed by atoms with Crippen molar-refractivity contribution in [3.05, 3.63) is 89.7 Å². The lowest BCUT2D eigenvalue weighted by atomic mass is 9.69. The van der Waals surface area contributed by atoms with Gasteiger partial charge in [-0.15, -0.1) is 0 Å². The Bertz CT molecular complexity index is 957. The largest absolute Gasteiger partial charge is 0.378 e. The Morgan fingerprint density at radius 3 is 2.40 bits per heavy atom. The molecule has 25 heavy (non-hydrogen) atoms. The molecule has 0 saturated heterocycles. The Labute approximate surface area is 149 Å². The fourth-order valence-corrected chi connectivity index (χ4v) is 4.07. The maximum atomic E-state index is 3.58. The number of aromatic amines is 1. The maximum Gasteiger partial charge on any atom is 0.0459 e. The second kappa shape index (κ2) is 5.96. The molecule has 1 aliphatic rings. The van der Waals surface area contributed by atoms with E-state index < -0.39 is 0 Å². The topological polar surface area (TPSA) is 19.0 Å². The summed E-state index contributed by atoms with van der Waals surface area (Å²) in [6, 6.07) is 17.6. The van der Waals surface area contributed by atoms with Crippen molar-refractivity contribution in [1.82, 2.24) is 4.98 Å². The number of hydrogen-bond donors (Lipinski definition) is 1. The predicted octanol–water partition coefficient (Wildman–Crippen LogP) is 5.34. The van der Waals surface area contributed by atoms with Crippen molar-refractivity contribution < 1.29 is 0 Å². The van der Waals surface area contributed by atoms with Crippen molar-refractivity contribution in [2.45, 2.75) is 18.8 Å². The van der Waals surface area contributed by atoms with Gasteiger partial charge in [-0.3, -0.25) is 0 Å². The Morgan fingerprint density at radius 2 is 1.72 bits per heavy atom. The molecule has 1 heterocycles. The normalized spacial score (nSPS) is 19.5. The van der Waals surface area contributed by atoms with Crippen molar-refractivity contribution in [3.63, 3.8) is 0 Å². The number of nitrogens with zero attached hydrogens (tertiary/aromatic N) is 1. The quantitative estimate of drug-likeness (QED) is 0.687. The van der Waals surface area contributed by atoms with E-state index in [1.54, 1.807) is 0 Å². The van der Waals surface area contributed by atoms with E-state index in [4.69, 9.17) is 0 Å². The van der Waals surface area contributed by atoms with Gasteiger partial charge in [-0.25, -0.2) is 0 Å². The van der Waals surface area contributed by atoms with E-state index >= 15 is 0 Å². The molecule has 2 aromatic carbocycles. The van der Waals surface area contributed by atoms with E-state index in [0.717, 1.165) is 6.42 Å². The first-order valence-electron chi connectivity index (χ1n) is 8.82. The lowest BCUT2D eigenvalue weighted by molar-refractivity contribution is 0.648. The minimum absolute atomic E-state index is 0.122. The molecule has 0 spiro atoms. The number of aromatic nitrogens is 1. The monoisotopic (exact) mass is 328 g/mol. The van der Waals surface area contributed by atoms with E-state index in [-0.39, 0.29) is 5.41 Å². The van der Waals surface area contributed by atoms with Crippen molar-refractivity contribution >= 4 is 16.6 Å². The van der Waals surface area contributed by atoms with Crippen molar-refractivity contribution in [1.29, 1.82) is 0 Å². The second-order valence-corrected chi connectivity index (χ2v) is 7.07.